The molecule has 2 atom stereocenters. The van der Waals surface area contributed by atoms with Crippen LogP contribution in [-0.2, 0) is 4.74 Å². The number of nitrogens with zero attached hydrogens (tertiary/aromatic N) is 2. The first-order valence-electron chi connectivity index (χ1n) is 6.02. The second kappa shape index (κ2) is 3.96. The van der Waals surface area contributed by atoms with Crippen LogP contribution in [0.5, 0.6) is 0 Å². The van der Waals surface area contributed by atoms with Gasteiger partial charge in [0.2, 0.25) is 0 Å². The fourth-order valence-electron chi connectivity index (χ4n) is 2.48. The molecule has 16 heavy (non-hydrogen) atoms. The van der Waals surface area contributed by atoms with Crippen LogP contribution in [0.25, 0.3) is 0 Å². The van der Waals surface area contributed by atoms with E-state index in [1.54, 1.807) is 0 Å². The van der Waals surface area contributed by atoms with Crippen molar-refractivity contribution in [2.75, 3.05) is 13.2 Å². The minimum atomic E-state index is 0.407. The van der Waals surface area contributed by atoms with Crippen LogP contribution in [0.4, 0.5) is 0 Å². The van der Waals surface area contributed by atoms with Crippen LogP contribution in [0.2, 0.25) is 0 Å². The first-order valence-corrected chi connectivity index (χ1v) is 6.42. The van der Waals surface area contributed by atoms with E-state index in [4.69, 9.17) is 17.0 Å². The molecule has 1 aliphatic heterocycles. The second-order valence-corrected chi connectivity index (χ2v) is 5.28. The summed E-state index contributed by atoms with van der Waals surface area (Å²) in [7, 11) is 0. The molecule has 1 aromatic rings. The van der Waals surface area contributed by atoms with Crippen LogP contribution in [0.15, 0.2) is 0 Å². The van der Waals surface area contributed by atoms with Crippen molar-refractivity contribution < 1.29 is 4.74 Å². The Morgan fingerprint density at radius 3 is 2.94 bits per heavy atom. The molecule has 0 radical (unpaired) electrons. The molecule has 88 valence electrons. The zero-order valence-electron chi connectivity index (χ0n) is 9.48. The van der Waals surface area contributed by atoms with Crippen molar-refractivity contribution in [2.24, 2.45) is 5.92 Å². The van der Waals surface area contributed by atoms with E-state index in [0.29, 0.717) is 17.9 Å². The van der Waals surface area contributed by atoms with E-state index in [1.807, 2.05) is 0 Å². The van der Waals surface area contributed by atoms with E-state index in [2.05, 4.69) is 21.7 Å². The molecule has 0 spiro atoms. The van der Waals surface area contributed by atoms with Gasteiger partial charge in [-0.2, -0.15) is 5.10 Å². The highest BCUT2D eigenvalue weighted by Crippen LogP contribution is 2.40. The molecule has 2 aliphatic rings. The Hall–Kier alpha value is -0.680. The van der Waals surface area contributed by atoms with E-state index in [-0.39, 0.29) is 0 Å². The molecule has 3 rings (SSSR count). The molecule has 2 unspecified atom stereocenters. The first kappa shape index (κ1) is 10.5. The third-order valence-corrected chi connectivity index (χ3v) is 4.02. The fourth-order valence-corrected chi connectivity index (χ4v) is 2.79. The van der Waals surface area contributed by atoms with Crippen LogP contribution in [-0.4, -0.2) is 28.0 Å². The summed E-state index contributed by atoms with van der Waals surface area (Å²) in [5.74, 6) is 2.38. The van der Waals surface area contributed by atoms with Crippen LogP contribution < -0.4 is 0 Å². The molecule has 2 fully saturated rings. The average Bonchev–Trinajstić information content (AvgIpc) is 2.84. The van der Waals surface area contributed by atoms with Gasteiger partial charge in [0.05, 0.1) is 6.61 Å². The molecular weight excluding hydrogens is 222 g/mol. The average molecular weight is 239 g/mol. The Morgan fingerprint density at radius 2 is 2.31 bits per heavy atom. The highest BCUT2D eigenvalue weighted by molar-refractivity contribution is 7.71. The Morgan fingerprint density at radius 1 is 1.50 bits per heavy atom. The highest BCUT2D eigenvalue weighted by atomic mass is 32.1. The number of aromatic nitrogens is 3. The van der Waals surface area contributed by atoms with Gasteiger partial charge < -0.3 is 9.30 Å². The van der Waals surface area contributed by atoms with E-state index >= 15 is 0 Å². The molecule has 1 aromatic heterocycles. The smallest absolute Gasteiger partial charge is 0.195 e. The Balaban J connectivity index is 1.91. The number of hydrogen-bond donors (Lipinski definition) is 1. The van der Waals surface area contributed by atoms with Gasteiger partial charge in [0.25, 0.3) is 0 Å². The summed E-state index contributed by atoms with van der Waals surface area (Å²) in [5, 5.41) is 7.31. The minimum Gasteiger partial charge on any atom is -0.381 e. The lowest BCUT2D eigenvalue weighted by Crippen LogP contribution is -2.19. The molecule has 4 nitrogen and oxygen atoms in total. The Labute approximate surface area is 100 Å². The highest BCUT2D eigenvalue weighted by Gasteiger charge is 2.33. The quantitative estimate of drug-likeness (QED) is 0.824. The largest absolute Gasteiger partial charge is 0.381 e. The maximum absolute atomic E-state index is 5.45. The van der Waals surface area contributed by atoms with E-state index < -0.39 is 0 Å². The monoisotopic (exact) mass is 239 g/mol. The molecule has 1 N–H and O–H groups in total. The SMILES string of the molecule is CC(C1CCOC1)n1c(C2CC2)n[nH]c1=S. The van der Waals surface area contributed by atoms with Gasteiger partial charge in [-0.15, -0.1) is 0 Å². The summed E-state index contributed by atoms with van der Waals surface area (Å²) < 4.78 is 8.43. The maximum atomic E-state index is 5.45. The van der Waals surface area contributed by atoms with Gasteiger partial charge in [-0.1, -0.05) is 0 Å². The molecule has 1 saturated heterocycles. The zero-order chi connectivity index (χ0) is 11.1. The van der Waals surface area contributed by atoms with Gasteiger partial charge in [0.15, 0.2) is 4.77 Å². The van der Waals surface area contributed by atoms with Crippen LogP contribution in [0.3, 0.4) is 0 Å². The molecule has 0 aromatic carbocycles. The number of H-pyrrole nitrogens is 1. The van der Waals surface area contributed by atoms with Gasteiger partial charge in [-0.3, -0.25) is 5.10 Å². The Bertz CT molecular complexity index is 429. The summed E-state index contributed by atoms with van der Waals surface area (Å²) in [4.78, 5) is 0. The lowest BCUT2D eigenvalue weighted by atomic mass is 10.0. The van der Waals surface area contributed by atoms with Crippen molar-refractivity contribution in [1.82, 2.24) is 14.8 Å². The third-order valence-electron chi connectivity index (χ3n) is 3.73. The third kappa shape index (κ3) is 1.72. The van der Waals surface area contributed by atoms with Gasteiger partial charge in [0.1, 0.15) is 5.82 Å². The van der Waals surface area contributed by atoms with E-state index in [9.17, 15) is 0 Å². The summed E-state index contributed by atoms with van der Waals surface area (Å²) in [6.45, 7) is 3.98. The number of ether oxygens (including phenoxy) is 1. The van der Waals surface area contributed by atoms with Crippen molar-refractivity contribution in [3.8, 4) is 0 Å². The molecule has 2 heterocycles. The van der Waals surface area contributed by atoms with Gasteiger partial charge in [0, 0.05) is 24.5 Å². The predicted octanol–water partition coefficient (Wildman–Crippen LogP) is 2.42. The standard InChI is InChI=1S/C11H17N3OS/c1-7(9-4-5-15-6-9)14-10(8-2-3-8)12-13-11(14)16/h7-9H,2-6H2,1H3,(H,13,16). The summed E-state index contributed by atoms with van der Waals surface area (Å²) in [5.41, 5.74) is 0. The Kier molecular flexibility index (Phi) is 2.59. The number of aromatic amines is 1. The van der Waals surface area contributed by atoms with Crippen LogP contribution in [0, 0.1) is 10.7 Å². The van der Waals surface area contributed by atoms with Crippen LogP contribution >= 0.6 is 12.2 Å². The van der Waals surface area contributed by atoms with Crippen molar-refractivity contribution in [2.45, 2.75) is 38.1 Å². The van der Waals surface area contributed by atoms with Crippen molar-refractivity contribution in [3.05, 3.63) is 10.6 Å². The summed E-state index contributed by atoms with van der Waals surface area (Å²) in [6, 6.07) is 0.407. The first-order chi connectivity index (χ1) is 7.77. The van der Waals surface area contributed by atoms with E-state index in [1.165, 1.54) is 12.8 Å². The summed E-state index contributed by atoms with van der Waals surface area (Å²) in [6.07, 6.45) is 3.65. The summed E-state index contributed by atoms with van der Waals surface area (Å²) >= 11 is 5.34. The maximum Gasteiger partial charge on any atom is 0.195 e. The second-order valence-electron chi connectivity index (χ2n) is 4.90. The van der Waals surface area contributed by atoms with Crippen molar-refractivity contribution in [1.29, 1.82) is 0 Å². The molecule has 1 aliphatic carbocycles. The molecule has 5 heteroatoms. The lowest BCUT2D eigenvalue weighted by Gasteiger charge is -2.20. The number of rotatable bonds is 3. The van der Waals surface area contributed by atoms with Gasteiger partial charge in [-0.05, 0) is 38.4 Å². The normalized spacial score (nSPS) is 27.2. The topological polar surface area (TPSA) is 42.8 Å². The molecule has 0 amide bonds. The lowest BCUT2D eigenvalue weighted by molar-refractivity contribution is 0.174. The van der Waals surface area contributed by atoms with Crippen molar-refractivity contribution >= 4 is 12.2 Å². The molecular formula is C11H17N3OS. The van der Waals surface area contributed by atoms with E-state index in [0.717, 1.165) is 30.2 Å². The minimum absolute atomic E-state index is 0.407. The predicted molar refractivity (Wildman–Crippen MR) is 63.0 cm³/mol. The van der Waals surface area contributed by atoms with Crippen molar-refractivity contribution in [3.63, 3.8) is 0 Å². The number of hydrogen-bond acceptors (Lipinski definition) is 3. The fraction of sp³-hybridized carbons (Fsp3) is 0.818. The number of nitrogens with one attached hydrogen (secondary N) is 1. The van der Waals surface area contributed by atoms with Crippen LogP contribution in [0.1, 0.15) is 44.0 Å². The van der Waals surface area contributed by atoms with Gasteiger partial charge in [-0.25, -0.2) is 0 Å². The van der Waals surface area contributed by atoms with Gasteiger partial charge >= 0.3 is 0 Å². The zero-order valence-corrected chi connectivity index (χ0v) is 10.3. The molecule has 0 bridgehead atoms. The molecule has 1 saturated carbocycles.